The van der Waals surface area contributed by atoms with Crippen molar-refractivity contribution in [3.8, 4) is 0 Å². The number of carboxylic acid groups (broad SMARTS) is 1. The van der Waals surface area contributed by atoms with Crippen molar-refractivity contribution >= 4 is 27.0 Å². The van der Waals surface area contributed by atoms with Crippen molar-refractivity contribution in [3.05, 3.63) is 28.7 Å². The lowest BCUT2D eigenvalue weighted by atomic mass is 9.99. The summed E-state index contributed by atoms with van der Waals surface area (Å²) in [5.74, 6) is -1.38. The maximum Gasteiger partial charge on any atom is 0.323 e. The van der Waals surface area contributed by atoms with E-state index < -0.39 is 27.6 Å². The van der Waals surface area contributed by atoms with Crippen molar-refractivity contribution in [3.63, 3.8) is 0 Å². The summed E-state index contributed by atoms with van der Waals surface area (Å²) in [7, 11) is -3.69. The van der Waals surface area contributed by atoms with Crippen LogP contribution in [0.3, 0.4) is 0 Å². The van der Waals surface area contributed by atoms with Gasteiger partial charge in [-0.15, -0.1) is 0 Å². The third-order valence-electron chi connectivity index (χ3n) is 3.93. The Kier molecular flexibility index (Phi) is 3.53. The number of H-pyrrole nitrogens is 2. The molecule has 0 atom stereocenters. The Labute approximate surface area is 125 Å². The zero-order valence-electron chi connectivity index (χ0n) is 11.6. The Bertz CT molecular complexity index is 874. The lowest BCUT2D eigenvalue weighted by Gasteiger charge is -2.29. The molecule has 0 unspecified atom stereocenters. The van der Waals surface area contributed by atoms with Gasteiger partial charge in [-0.3, -0.25) is 4.79 Å². The Morgan fingerprint density at radius 1 is 1.18 bits per heavy atom. The molecule has 0 aliphatic carbocycles. The molecule has 1 aliphatic heterocycles. The molecule has 118 valence electrons. The number of benzene rings is 1. The maximum absolute atomic E-state index is 12.6. The molecule has 3 rings (SSSR count). The highest BCUT2D eigenvalue weighted by molar-refractivity contribution is 7.89. The fourth-order valence-corrected chi connectivity index (χ4v) is 4.16. The summed E-state index contributed by atoms with van der Waals surface area (Å²) in [5.41, 5.74) is 0.562. The molecule has 2 aromatic rings. The number of aromatic amines is 2. The van der Waals surface area contributed by atoms with Gasteiger partial charge in [0.2, 0.25) is 10.0 Å². The predicted octanol–water partition coefficient (Wildman–Crippen LogP) is 0.342. The number of hydrogen-bond acceptors (Lipinski definition) is 4. The molecule has 1 fully saturated rings. The summed E-state index contributed by atoms with van der Waals surface area (Å²) < 4.78 is 26.5. The van der Waals surface area contributed by atoms with Crippen molar-refractivity contribution in [2.24, 2.45) is 5.92 Å². The second-order valence-corrected chi connectivity index (χ2v) is 7.24. The van der Waals surface area contributed by atoms with Crippen LogP contribution in [0.2, 0.25) is 0 Å². The number of fused-ring (bicyclic) bond motifs is 1. The number of aliphatic carboxylic acids is 1. The summed E-state index contributed by atoms with van der Waals surface area (Å²) in [4.78, 5) is 27.3. The molecule has 3 N–H and O–H groups in total. The number of imidazole rings is 1. The number of sulfonamides is 1. The normalized spacial score (nSPS) is 17.8. The Morgan fingerprint density at radius 2 is 1.82 bits per heavy atom. The molecule has 0 saturated carbocycles. The second kappa shape index (κ2) is 5.25. The van der Waals surface area contributed by atoms with Crippen LogP contribution in [-0.4, -0.2) is 46.9 Å². The van der Waals surface area contributed by atoms with E-state index in [-0.39, 0.29) is 18.0 Å². The molecule has 1 aromatic heterocycles. The Morgan fingerprint density at radius 3 is 2.45 bits per heavy atom. The number of carboxylic acids is 1. The van der Waals surface area contributed by atoms with E-state index in [2.05, 4.69) is 9.97 Å². The van der Waals surface area contributed by atoms with Gasteiger partial charge in [0.25, 0.3) is 0 Å². The van der Waals surface area contributed by atoms with Crippen LogP contribution in [0.1, 0.15) is 12.8 Å². The molecule has 0 radical (unpaired) electrons. The zero-order chi connectivity index (χ0) is 15.9. The Hall–Kier alpha value is -2.13. The van der Waals surface area contributed by atoms with Gasteiger partial charge in [-0.25, -0.2) is 13.2 Å². The minimum absolute atomic E-state index is 0.0871. The molecule has 1 saturated heterocycles. The van der Waals surface area contributed by atoms with Gasteiger partial charge in [0.15, 0.2) is 0 Å². The largest absolute Gasteiger partial charge is 0.481 e. The lowest BCUT2D eigenvalue weighted by molar-refractivity contribution is -0.142. The number of carbonyl (C=O) groups is 1. The van der Waals surface area contributed by atoms with Crippen molar-refractivity contribution in [2.45, 2.75) is 17.7 Å². The third kappa shape index (κ3) is 2.53. The first-order chi connectivity index (χ1) is 10.4. The van der Waals surface area contributed by atoms with Gasteiger partial charge in [-0.1, -0.05) is 0 Å². The average Bonchev–Trinajstić information content (AvgIpc) is 2.86. The number of rotatable bonds is 3. The number of nitrogens with one attached hydrogen (secondary N) is 2. The highest BCUT2D eigenvalue weighted by Gasteiger charge is 2.32. The van der Waals surface area contributed by atoms with Crippen LogP contribution >= 0.6 is 0 Å². The molecule has 9 heteroatoms. The van der Waals surface area contributed by atoms with E-state index in [0.29, 0.717) is 23.9 Å². The van der Waals surface area contributed by atoms with Gasteiger partial charge < -0.3 is 15.1 Å². The highest BCUT2D eigenvalue weighted by atomic mass is 32.2. The number of piperidine rings is 1. The minimum Gasteiger partial charge on any atom is -0.481 e. The van der Waals surface area contributed by atoms with Gasteiger partial charge in [-0.05, 0) is 31.0 Å². The van der Waals surface area contributed by atoms with Crippen molar-refractivity contribution < 1.29 is 18.3 Å². The topological polar surface area (TPSA) is 123 Å². The van der Waals surface area contributed by atoms with E-state index >= 15 is 0 Å². The molecule has 0 bridgehead atoms. The average molecular weight is 325 g/mol. The van der Waals surface area contributed by atoms with E-state index in [1.165, 1.54) is 22.5 Å². The van der Waals surface area contributed by atoms with Crippen LogP contribution in [0.4, 0.5) is 0 Å². The summed E-state index contributed by atoms with van der Waals surface area (Å²) in [6, 6.07) is 4.38. The first kappa shape index (κ1) is 14.8. The summed E-state index contributed by atoms with van der Waals surface area (Å²) >= 11 is 0. The van der Waals surface area contributed by atoms with Crippen LogP contribution in [-0.2, 0) is 14.8 Å². The smallest absolute Gasteiger partial charge is 0.323 e. The molecular weight excluding hydrogens is 310 g/mol. The van der Waals surface area contributed by atoms with Gasteiger partial charge in [0.1, 0.15) is 0 Å². The molecule has 1 aromatic carbocycles. The number of nitrogens with zero attached hydrogens (tertiary/aromatic N) is 1. The number of hydrogen-bond donors (Lipinski definition) is 3. The SMILES string of the molecule is O=C(O)C1CCN(S(=O)(=O)c2ccc3[nH]c(=O)[nH]c3c2)CC1. The van der Waals surface area contributed by atoms with Crippen molar-refractivity contribution in [2.75, 3.05) is 13.1 Å². The fraction of sp³-hybridized carbons (Fsp3) is 0.385. The van der Waals surface area contributed by atoms with Crippen LogP contribution < -0.4 is 5.69 Å². The van der Waals surface area contributed by atoms with E-state index in [9.17, 15) is 18.0 Å². The Balaban J connectivity index is 1.88. The van der Waals surface area contributed by atoms with Crippen LogP contribution in [0.15, 0.2) is 27.9 Å². The zero-order valence-corrected chi connectivity index (χ0v) is 12.4. The highest BCUT2D eigenvalue weighted by Crippen LogP contribution is 2.25. The standard InChI is InChI=1S/C13H15N3O5S/c17-12(18)8-3-5-16(6-4-8)22(20,21)9-1-2-10-11(7-9)15-13(19)14-10/h1-2,7-8H,3-6H2,(H,17,18)(H2,14,15,19). The van der Waals surface area contributed by atoms with Gasteiger partial charge in [0.05, 0.1) is 21.8 Å². The summed E-state index contributed by atoms with van der Waals surface area (Å²) in [5, 5.41) is 8.96. The molecule has 8 nitrogen and oxygen atoms in total. The molecule has 22 heavy (non-hydrogen) atoms. The predicted molar refractivity (Wildman–Crippen MR) is 78.0 cm³/mol. The first-order valence-corrected chi connectivity index (χ1v) is 8.27. The summed E-state index contributed by atoms with van der Waals surface area (Å²) in [6.45, 7) is 0.363. The van der Waals surface area contributed by atoms with Gasteiger partial charge in [0, 0.05) is 13.1 Å². The monoisotopic (exact) mass is 325 g/mol. The van der Waals surface area contributed by atoms with Gasteiger partial charge >= 0.3 is 11.7 Å². The molecule has 2 heterocycles. The van der Waals surface area contributed by atoms with Crippen molar-refractivity contribution in [1.29, 1.82) is 0 Å². The fourth-order valence-electron chi connectivity index (χ4n) is 2.66. The third-order valence-corrected chi connectivity index (χ3v) is 5.82. The second-order valence-electron chi connectivity index (χ2n) is 5.30. The van der Waals surface area contributed by atoms with E-state index in [1.807, 2.05) is 0 Å². The minimum atomic E-state index is -3.69. The van der Waals surface area contributed by atoms with E-state index in [1.54, 1.807) is 0 Å². The quantitative estimate of drug-likeness (QED) is 0.751. The first-order valence-electron chi connectivity index (χ1n) is 6.83. The maximum atomic E-state index is 12.6. The molecule has 1 aliphatic rings. The molecule has 0 amide bonds. The lowest BCUT2D eigenvalue weighted by Crippen LogP contribution is -2.40. The molecule has 0 spiro atoms. The van der Waals surface area contributed by atoms with Crippen LogP contribution in [0, 0.1) is 5.92 Å². The van der Waals surface area contributed by atoms with Gasteiger partial charge in [-0.2, -0.15) is 4.31 Å². The van der Waals surface area contributed by atoms with E-state index in [4.69, 9.17) is 5.11 Å². The molecular formula is C13H15N3O5S. The van der Waals surface area contributed by atoms with Crippen molar-refractivity contribution in [1.82, 2.24) is 14.3 Å². The van der Waals surface area contributed by atoms with Crippen LogP contribution in [0.25, 0.3) is 11.0 Å². The van der Waals surface area contributed by atoms with Crippen LogP contribution in [0.5, 0.6) is 0 Å². The summed E-state index contributed by atoms with van der Waals surface area (Å²) in [6.07, 6.45) is 0.607. The number of aromatic nitrogens is 2. The van der Waals surface area contributed by atoms with E-state index in [0.717, 1.165) is 0 Å².